The number of fused-ring (bicyclic) bond motifs is 1. The van der Waals surface area contributed by atoms with Gasteiger partial charge < -0.3 is 9.88 Å². The van der Waals surface area contributed by atoms with Gasteiger partial charge in [-0.1, -0.05) is 12.1 Å². The molecule has 3 aromatic rings. The van der Waals surface area contributed by atoms with Gasteiger partial charge in [-0.15, -0.1) is 11.8 Å². The number of nitrogens with one attached hydrogen (secondary N) is 1. The first-order chi connectivity index (χ1) is 12.5. The predicted molar refractivity (Wildman–Crippen MR) is 99.2 cm³/mol. The molecular weight excluding hydrogens is 356 g/mol. The Bertz CT molecular complexity index is 926. The summed E-state index contributed by atoms with van der Waals surface area (Å²) in [5, 5.41) is 2.85. The molecule has 26 heavy (non-hydrogen) atoms. The molecule has 0 saturated carbocycles. The van der Waals surface area contributed by atoms with Crippen molar-refractivity contribution in [3.8, 4) is 0 Å². The summed E-state index contributed by atoms with van der Waals surface area (Å²) in [5.74, 6) is -0.809. The molecule has 136 valence electrons. The topological polar surface area (TPSA) is 46.9 Å². The van der Waals surface area contributed by atoms with Gasteiger partial charge >= 0.3 is 0 Å². The molecule has 4 nitrogen and oxygen atoms in total. The molecule has 1 amide bonds. The molecule has 1 heterocycles. The fraction of sp³-hybridized carbons (Fsp3) is 0.263. The number of carbonyl (C=O) groups is 1. The van der Waals surface area contributed by atoms with E-state index in [2.05, 4.69) is 14.9 Å². The Morgan fingerprint density at radius 1 is 1.19 bits per heavy atom. The third-order valence-corrected chi connectivity index (χ3v) is 4.98. The molecule has 1 N–H and O–H groups in total. The number of nitrogens with zero attached hydrogens (tertiary/aromatic N) is 2. The van der Waals surface area contributed by atoms with Crippen LogP contribution in [0.15, 0.2) is 47.4 Å². The molecule has 0 fully saturated rings. The maximum Gasteiger partial charge on any atom is 0.230 e. The van der Waals surface area contributed by atoms with E-state index in [0.717, 1.165) is 42.0 Å². The van der Waals surface area contributed by atoms with Crippen molar-refractivity contribution in [3.63, 3.8) is 0 Å². The minimum Gasteiger partial charge on any atom is -0.355 e. The van der Waals surface area contributed by atoms with E-state index in [9.17, 15) is 13.6 Å². The van der Waals surface area contributed by atoms with E-state index in [1.54, 1.807) is 0 Å². The second-order valence-corrected chi connectivity index (χ2v) is 6.92. The smallest absolute Gasteiger partial charge is 0.230 e. The number of hydrogen-bond acceptors (Lipinski definition) is 3. The van der Waals surface area contributed by atoms with Crippen LogP contribution in [0.4, 0.5) is 8.78 Å². The minimum absolute atomic E-state index is 0.132. The van der Waals surface area contributed by atoms with Crippen LogP contribution in [0, 0.1) is 18.6 Å². The largest absolute Gasteiger partial charge is 0.355 e. The van der Waals surface area contributed by atoms with Crippen LogP contribution in [0.5, 0.6) is 0 Å². The highest BCUT2D eigenvalue weighted by molar-refractivity contribution is 8.00. The number of amides is 1. The fourth-order valence-electron chi connectivity index (χ4n) is 2.71. The zero-order valence-electron chi connectivity index (χ0n) is 14.3. The fourth-order valence-corrected chi connectivity index (χ4v) is 3.46. The van der Waals surface area contributed by atoms with Crippen molar-refractivity contribution in [3.05, 3.63) is 59.9 Å². The van der Waals surface area contributed by atoms with Gasteiger partial charge in [0.2, 0.25) is 5.91 Å². The van der Waals surface area contributed by atoms with Crippen molar-refractivity contribution in [2.24, 2.45) is 0 Å². The third-order valence-electron chi connectivity index (χ3n) is 3.99. The summed E-state index contributed by atoms with van der Waals surface area (Å²) in [6.07, 6.45) is 0.781. The van der Waals surface area contributed by atoms with Crippen LogP contribution in [0.25, 0.3) is 11.0 Å². The third kappa shape index (κ3) is 4.40. The quantitative estimate of drug-likeness (QED) is 0.503. The second kappa shape index (κ2) is 8.31. The van der Waals surface area contributed by atoms with Gasteiger partial charge in [0.05, 0.1) is 16.8 Å². The molecule has 0 bridgehead atoms. The Balaban J connectivity index is 1.43. The summed E-state index contributed by atoms with van der Waals surface area (Å²) in [6, 6.07) is 11.6. The Morgan fingerprint density at radius 2 is 2.00 bits per heavy atom. The van der Waals surface area contributed by atoms with Gasteiger partial charge in [0.25, 0.3) is 0 Å². The highest BCUT2D eigenvalue weighted by atomic mass is 32.2. The number of benzene rings is 2. The summed E-state index contributed by atoms with van der Waals surface area (Å²) >= 11 is 1.18. The van der Waals surface area contributed by atoms with Crippen LogP contribution in [0.2, 0.25) is 0 Å². The van der Waals surface area contributed by atoms with Crippen molar-refractivity contribution < 1.29 is 13.6 Å². The summed E-state index contributed by atoms with van der Waals surface area (Å²) in [5.41, 5.74) is 2.06. The molecular formula is C19H19F2N3OS. The Morgan fingerprint density at radius 3 is 2.81 bits per heavy atom. The molecule has 0 aliphatic rings. The molecule has 0 aliphatic heterocycles. The lowest BCUT2D eigenvalue weighted by Crippen LogP contribution is -2.26. The van der Waals surface area contributed by atoms with Crippen molar-refractivity contribution in [1.82, 2.24) is 14.9 Å². The van der Waals surface area contributed by atoms with Crippen molar-refractivity contribution in [1.29, 1.82) is 0 Å². The standard InChI is InChI=1S/C19H19F2N3OS/c1-13-23-17-5-2-3-6-18(17)24(13)10-4-9-22-19(25)12-26-14-7-8-15(20)16(21)11-14/h2-3,5-8,11H,4,9-10,12H2,1H3,(H,22,25). The van der Waals surface area contributed by atoms with Crippen LogP contribution in [0.1, 0.15) is 12.2 Å². The zero-order chi connectivity index (χ0) is 18.5. The number of aromatic nitrogens is 2. The second-order valence-electron chi connectivity index (χ2n) is 5.87. The summed E-state index contributed by atoms with van der Waals surface area (Å²) in [6.45, 7) is 3.28. The average Bonchev–Trinajstić information content (AvgIpc) is 2.95. The number of aryl methyl sites for hydroxylation is 2. The maximum absolute atomic E-state index is 13.1. The lowest BCUT2D eigenvalue weighted by Gasteiger charge is -2.08. The Kier molecular flexibility index (Phi) is 5.88. The van der Waals surface area contributed by atoms with Crippen LogP contribution < -0.4 is 5.32 Å². The Labute approximate surface area is 154 Å². The first-order valence-corrected chi connectivity index (χ1v) is 9.29. The number of thioether (sulfide) groups is 1. The molecule has 0 atom stereocenters. The van der Waals surface area contributed by atoms with Crippen LogP contribution in [-0.2, 0) is 11.3 Å². The predicted octanol–water partition coefficient (Wildman–Crippen LogP) is 3.92. The van der Waals surface area contributed by atoms with E-state index < -0.39 is 11.6 Å². The highest BCUT2D eigenvalue weighted by Gasteiger charge is 2.08. The molecule has 1 aromatic heterocycles. The van der Waals surface area contributed by atoms with E-state index in [4.69, 9.17) is 0 Å². The minimum atomic E-state index is -0.904. The first-order valence-electron chi connectivity index (χ1n) is 8.31. The lowest BCUT2D eigenvalue weighted by atomic mass is 10.3. The van der Waals surface area contributed by atoms with Gasteiger partial charge in [-0.3, -0.25) is 4.79 Å². The van der Waals surface area contributed by atoms with Gasteiger partial charge in [-0.05, 0) is 43.7 Å². The van der Waals surface area contributed by atoms with Gasteiger partial charge in [0, 0.05) is 18.0 Å². The van der Waals surface area contributed by atoms with Gasteiger partial charge in [-0.2, -0.15) is 0 Å². The molecule has 3 rings (SSSR count). The Hall–Kier alpha value is -2.41. The van der Waals surface area contributed by atoms with E-state index in [0.29, 0.717) is 11.4 Å². The SMILES string of the molecule is Cc1nc2ccccc2n1CCCNC(=O)CSc1ccc(F)c(F)c1. The van der Waals surface area contributed by atoms with Crippen LogP contribution >= 0.6 is 11.8 Å². The normalized spacial score (nSPS) is 11.0. The average molecular weight is 375 g/mol. The van der Waals surface area contributed by atoms with E-state index in [-0.39, 0.29) is 11.7 Å². The van der Waals surface area contributed by atoms with Crippen molar-refractivity contribution in [2.75, 3.05) is 12.3 Å². The van der Waals surface area contributed by atoms with Crippen LogP contribution in [-0.4, -0.2) is 27.8 Å². The number of para-hydroxylation sites is 2. The van der Waals surface area contributed by atoms with Crippen molar-refractivity contribution in [2.45, 2.75) is 24.8 Å². The number of imidazole rings is 1. The molecule has 2 aromatic carbocycles. The number of carbonyl (C=O) groups excluding carboxylic acids is 1. The summed E-state index contributed by atoms with van der Waals surface area (Å²) in [4.78, 5) is 16.9. The lowest BCUT2D eigenvalue weighted by molar-refractivity contribution is -0.118. The maximum atomic E-state index is 13.1. The molecule has 7 heteroatoms. The van der Waals surface area contributed by atoms with Gasteiger partial charge in [0.15, 0.2) is 11.6 Å². The van der Waals surface area contributed by atoms with E-state index >= 15 is 0 Å². The number of rotatable bonds is 7. The van der Waals surface area contributed by atoms with Gasteiger partial charge in [0.1, 0.15) is 5.82 Å². The van der Waals surface area contributed by atoms with E-state index in [1.165, 1.54) is 17.8 Å². The van der Waals surface area contributed by atoms with Gasteiger partial charge in [-0.25, -0.2) is 13.8 Å². The highest BCUT2D eigenvalue weighted by Crippen LogP contribution is 2.20. The first kappa shape index (κ1) is 18.4. The summed E-state index contributed by atoms with van der Waals surface area (Å²) in [7, 11) is 0. The molecule has 0 radical (unpaired) electrons. The molecule has 0 saturated heterocycles. The van der Waals surface area contributed by atoms with E-state index in [1.807, 2.05) is 31.2 Å². The molecule has 0 unspecified atom stereocenters. The molecule has 0 aliphatic carbocycles. The van der Waals surface area contributed by atoms with Crippen molar-refractivity contribution >= 4 is 28.7 Å². The number of hydrogen-bond donors (Lipinski definition) is 1. The summed E-state index contributed by atoms with van der Waals surface area (Å²) < 4.78 is 28.1. The monoisotopic (exact) mass is 375 g/mol. The molecule has 0 spiro atoms. The zero-order valence-corrected chi connectivity index (χ0v) is 15.2. The van der Waals surface area contributed by atoms with Crippen LogP contribution in [0.3, 0.4) is 0 Å². The number of halogens is 2.